The van der Waals surface area contributed by atoms with Crippen molar-refractivity contribution in [1.29, 1.82) is 0 Å². The minimum absolute atomic E-state index is 0.132. The lowest BCUT2D eigenvalue weighted by molar-refractivity contribution is 0.0682. The van der Waals surface area contributed by atoms with Crippen LogP contribution in [0, 0.1) is 0 Å². The smallest absolute Gasteiger partial charge is 0.274 e. The number of anilines is 1. The molecule has 2 atom stereocenters. The van der Waals surface area contributed by atoms with Crippen LogP contribution in [-0.2, 0) is 0 Å². The summed E-state index contributed by atoms with van der Waals surface area (Å²) in [5.41, 5.74) is 1.94. The van der Waals surface area contributed by atoms with E-state index in [2.05, 4.69) is 42.6 Å². The van der Waals surface area contributed by atoms with Gasteiger partial charge in [0.1, 0.15) is 5.69 Å². The van der Waals surface area contributed by atoms with Crippen LogP contribution in [0.15, 0.2) is 18.2 Å². The number of nitrogens with zero attached hydrogens (tertiary/aromatic N) is 4. The molecule has 6 heterocycles. The van der Waals surface area contributed by atoms with Crippen LogP contribution in [0.25, 0.3) is 10.1 Å². The minimum Gasteiger partial charge on any atom is -0.366 e. The van der Waals surface area contributed by atoms with Gasteiger partial charge in [0, 0.05) is 68.5 Å². The topological polar surface area (TPSA) is 51.7 Å². The number of hydrogen-bond acceptors (Lipinski definition) is 6. The van der Waals surface area contributed by atoms with Gasteiger partial charge in [-0.25, -0.2) is 0 Å². The second kappa shape index (κ2) is 6.15. The first-order valence-electron chi connectivity index (χ1n) is 10.2. The number of piperazine rings is 1. The molecule has 5 fully saturated rings. The quantitative estimate of drug-likeness (QED) is 0.857. The van der Waals surface area contributed by atoms with Crippen molar-refractivity contribution in [2.45, 2.75) is 37.4 Å². The summed E-state index contributed by atoms with van der Waals surface area (Å²) in [6.07, 6.45) is 3.45. The molecule has 7 rings (SSSR count). The molecule has 1 N–H and O–H groups in total. The van der Waals surface area contributed by atoms with Crippen LogP contribution >= 0.6 is 11.5 Å². The predicted molar refractivity (Wildman–Crippen MR) is 108 cm³/mol. The lowest BCUT2D eigenvalue weighted by Crippen LogP contribution is -2.43. The number of nitrogens with one attached hydrogen (secondary N) is 1. The van der Waals surface area contributed by atoms with Gasteiger partial charge < -0.3 is 20.0 Å². The molecule has 0 radical (unpaired) electrons. The van der Waals surface area contributed by atoms with Gasteiger partial charge in [-0.05, 0) is 49.0 Å². The molecule has 5 saturated heterocycles. The maximum absolute atomic E-state index is 13.3. The molecule has 0 unspecified atom stereocenters. The fourth-order valence-corrected chi connectivity index (χ4v) is 6.23. The van der Waals surface area contributed by atoms with E-state index in [4.69, 9.17) is 0 Å². The molecular formula is C20H25N5OS. The van der Waals surface area contributed by atoms with Crippen molar-refractivity contribution < 1.29 is 4.79 Å². The Balaban J connectivity index is 1.30. The molecule has 0 spiro atoms. The highest BCUT2D eigenvalue weighted by atomic mass is 32.1. The molecule has 1 amide bonds. The predicted octanol–water partition coefficient (Wildman–Crippen LogP) is 1.77. The Morgan fingerprint density at radius 2 is 2.04 bits per heavy atom. The summed E-state index contributed by atoms with van der Waals surface area (Å²) < 4.78 is 5.74. The Kier molecular flexibility index (Phi) is 3.71. The van der Waals surface area contributed by atoms with Crippen molar-refractivity contribution in [1.82, 2.24) is 19.5 Å². The number of hydrogen-bond donors (Lipinski definition) is 1. The maximum Gasteiger partial charge on any atom is 0.274 e. The van der Waals surface area contributed by atoms with Gasteiger partial charge in [0.05, 0.1) is 4.70 Å². The molecule has 0 saturated carbocycles. The summed E-state index contributed by atoms with van der Waals surface area (Å²) >= 11 is 1.47. The molecule has 5 aliphatic heterocycles. The van der Waals surface area contributed by atoms with E-state index in [1.165, 1.54) is 23.6 Å². The molecule has 5 aliphatic rings. The van der Waals surface area contributed by atoms with Crippen LogP contribution in [0.2, 0.25) is 0 Å². The molecule has 4 bridgehead atoms. The van der Waals surface area contributed by atoms with Crippen molar-refractivity contribution in [3.05, 3.63) is 23.9 Å². The van der Waals surface area contributed by atoms with Gasteiger partial charge in [-0.1, -0.05) is 0 Å². The summed E-state index contributed by atoms with van der Waals surface area (Å²) in [6.45, 7) is 6.27. The number of benzene rings is 1. The van der Waals surface area contributed by atoms with Gasteiger partial charge in [0.15, 0.2) is 0 Å². The average molecular weight is 384 g/mol. The highest BCUT2D eigenvalue weighted by molar-refractivity contribution is 7.13. The number of rotatable bonds is 2. The SMILES string of the molecule is O=C(c1nsc2cc(N3C[C@@H]4C[C@H]3CN4)ccc12)N1CCN2CCC1CC2. The monoisotopic (exact) mass is 383 g/mol. The summed E-state index contributed by atoms with van der Waals surface area (Å²) in [6, 6.07) is 8.19. The fraction of sp³-hybridized carbons (Fsp3) is 0.600. The molecule has 1 aromatic heterocycles. The lowest BCUT2D eigenvalue weighted by Gasteiger charge is -2.31. The highest BCUT2D eigenvalue weighted by Gasteiger charge is 2.38. The van der Waals surface area contributed by atoms with Crippen molar-refractivity contribution in [3.63, 3.8) is 0 Å². The Morgan fingerprint density at radius 3 is 2.81 bits per heavy atom. The molecule has 2 aromatic rings. The van der Waals surface area contributed by atoms with Crippen LogP contribution in [0.3, 0.4) is 0 Å². The highest BCUT2D eigenvalue weighted by Crippen LogP contribution is 2.34. The fourth-order valence-electron chi connectivity index (χ4n) is 5.43. The Morgan fingerprint density at radius 1 is 1.15 bits per heavy atom. The van der Waals surface area contributed by atoms with Crippen molar-refractivity contribution >= 4 is 33.2 Å². The molecule has 142 valence electrons. The van der Waals surface area contributed by atoms with Crippen LogP contribution in [0.4, 0.5) is 5.69 Å². The third-order valence-electron chi connectivity index (χ3n) is 6.96. The van der Waals surface area contributed by atoms with Crippen LogP contribution in [0.5, 0.6) is 0 Å². The van der Waals surface area contributed by atoms with Gasteiger partial charge in [-0.3, -0.25) is 4.79 Å². The summed E-state index contributed by atoms with van der Waals surface area (Å²) in [4.78, 5) is 20.4. The Bertz CT molecular complexity index is 890. The van der Waals surface area contributed by atoms with E-state index in [1.54, 1.807) is 0 Å². The number of piperidine rings is 1. The standard InChI is InChI=1S/C20H25N5OS/c26-20(24-8-7-23-5-3-14(24)4-6-23)19-17-2-1-15(10-18(17)27-22-19)25-12-13-9-16(25)11-21-13/h1-2,10,13-14,16,21H,3-9,11-12H2/t13-,16-/m0/s1. The van der Waals surface area contributed by atoms with E-state index in [9.17, 15) is 4.79 Å². The van der Waals surface area contributed by atoms with Crippen LogP contribution < -0.4 is 10.2 Å². The third kappa shape index (κ3) is 2.59. The van der Waals surface area contributed by atoms with E-state index in [1.807, 2.05) is 0 Å². The molecule has 27 heavy (non-hydrogen) atoms. The number of fused-ring (bicyclic) bond motifs is 7. The summed E-state index contributed by atoms with van der Waals surface area (Å²) in [5.74, 6) is 0.132. The zero-order chi connectivity index (χ0) is 18.0. The van der Waals surface area contributed by atoms with E-state index in [-0.39, 0.29) is 5.91 Å². The van der Waals surface area contributed by atoms with Crippen LogP contribution in [-0.4, -0.2) is 77.5 Å². The normalized spacial score (nSPS) is 32.4. The summed E-state index contributed by atoms with van der Waals surface area (Å²) in [7, 11) is 0. The third-order valence-corrected chi connectivity index (χ3v) is 7.77. The molecular weight excluding hydrogens is 358 g/mol. The second-order valence-corrected chi connectivity index (χ2v) is 9.24. The molecule has 6 nitrogen and oxygen atoms in total. The number of aromatic nitrogens is 1. The zero-order valence-electron chi connectivity index (χ0n) is 15.4. The van der Waals surface area contributed by atoms with Gasteiger partial charge in [0.25, 0.3) is 5.91 Å². The van der Waals surface area contributed by atoms with Gasteiger partial charge in [0.2, 0.25) is 0 Å². The lowest BCUT2D eigenvalue weighted by atomic mass is 10.0. The largest absolute Gasteiger partial charge is 0.366 e. The Labute approximate surface area is 163 Å². The van der Waals surface area contributed by atoms with Gasteiger partial charge >= 0.3 is 0 Å². The van der Waals surface area contributed by atoms with E-state index in [0.29, 0.717) is 23.8 Å². The van der Waals surface area contributed by atoms with Gasteiger partial charge in [-0.2, -0.15) is 4.37 Å². The number of carbonyl (C=O) groups is 1. The van der Waals surface area contributed by atoms with Crippen molar-refractivity contribution in [2.24, 2.45) is 0 Å². The first kappa shape index (κ1) is 16.3. The maximum atomic E-state index is 13.3. The number of carbonyl (C=O) groups excluding carboxylic acids is 1. The molecule has 1 aromatic carbocycles. The minimum atomic E-state index is 0.132. The van der Waals surface area contributed by atoms with Gasteiger partial charge in [-0.15, -0.1) is 0 Å². The zero-order valence-corrected chi connectivity index (χ0v) is 16.2. The molecule has 7 heteroatoms. The average Bonchev–Trinajstić information content (AvgIpc) is 3.37. The Hall–Kier alpha value is -1.70. The first-order valence-corrected chi connectivity index (χ1v) is 11.0. The van der Waals surface area contributed by atoms with Crippen molar-refractivity contribution in [2.75, 3.05) is 44.2 Å². The van der Waals surface area contributed by atoms with E-state index in [0.717, 1.165) is 62.2 Å². The van der Waals surface area contributed by atoms with Crippen LogP contribution in [0.1, 0.15) is 29.8 Å². The van der Waals surface area contributed by atoms with Crippen molar-refractivity contribution in [3.8, 4) is 0 Å². The number of amides is 1. The second-order valence-electron chi connectivity index (χ2n) is 8.43. The first-order chi connectivity index (χ1) is 13.3. The van der Waals surface area contributed by atoms with E-state index < -0.39 is 0 Å². The van der Waals surface area contributed by atoms with E-state index >= 15 is 0 Å². The molecule has 0 aliphatic carbocycles. The summed E-state index contributed by atoms with van der Waals surface area (Å²) in [5, 5.41) is 4.58.